The molecule has 3 heteroatoms. The zero-order valence-corrected chi connectivity index (χ0v) is 10.6. The largest absolute Gasteiger partial charge is 0.481 e. The van der Waals surface area contributed by atoms with E-state index in [1.807, 2.05) is 0 Å². The molecule has 2 fully saturated rings. The van der Waals surface area contributed by atoms with Crippen LogP contribution in [-0.4, -0.2) is 24.3 Å². The van der Waals surface area contributed by atoms with Gasteiger partial charge in [-0.25, -0.2) is 0 Å². The van der Waals surface area contributed by atoms with Gasteiger partial charge >= 0.3 is 5.97 Å². The van der Waals surface area contributed by atoms with Crippen LogP contribution < -0.4 is 0 Å². The lowest BCUT2D eigenvalue weighted by molar-refractivity contribution is -0.158. The fourth-order valence-corrected chi connectivity index (χ4v) is 3.51. The van der Waals surface area contributed by atoms with Crippen LogP contribution in [0, 0.1) is 11.3 Å². The average Bonchev–Trinajstić information content (AvgIpc) is 2.30. The van der Waals surface area contributed by atoms with Crippen molar-refractivity contribution in [1.29, 1.82) is 0 Å². The third-order valence-corrected chi connectivity index (χ3v) is 4.61. The second-order valence-corrected chi connectivity index (χ2v) is 5.64. The SMILES string of the molecule is O=C(O)C1(C2CCCOC2)CCCCCCC1. The fraction of sp³-hybridized carbons (Fsp3) is 0.929. The Morgan fingerprint density at radius 2 is 1.71 bits per heavy atom. The highest BCUT2D eigenvalue weighted by Crippen LogP contribution is 2.44. The minimum absolute atomic E-state index is 0.242. The fourth-order valence-electron chi connectivity index (χ4n) is 3.51. The molecule has 1 saturated heterocycles. The Kier molecular flexibility index (Phi) is 4.43. The van der Waals surface area contributed by atoms with Gasteiger partial charge in [0.25, 0.3) is 0 Å². The highest BCUT2D eigenvalue weighted by molar-refractivity contribution is 5.75. The van der Waals surface area contributed by atoms with Gasteiger partial charge in [0.15, 0.2) is 0 Å². The second-order valence-electron chi connectivity index (χ2n) is 5.64. The van der Waals surface area contributed by atoms with Crippen molar-refractivity contribution in [3.63, 3.8) is 0 Å². The van der Waals surface area contributed by atoms with E-state index < -0.39 is 11.4 Å². The Morgan fingerprint density at radius 3 is 2.24 bits per heavy atom. The average molecular weight is 240 g/mol. The van der Waals surface area contributed by atoms with Crippen LogP contribution in [0.2, 0.25) is 0 Å². The van der Waals surface area contributed by atoms with Gasteiger partial charge in [-0.2, -0.15) is 0 Å². The molecule has 0 amide bonds. The maximum absolute atomic E-state index is 11.8. The van der Waals surface area contributed by atoms with E-state index in [0.717, 1.165) is 45.1 Å². The smallest absolute Gasteiger partial charge is 0.310 e. The van der Waals surface area contributed by atoms with Crippen LogP contribution >= 0.6 is 0 Å². The normalized spacial score (nSPS) is 30.2. The van der Waals surface area contributed by atoms with Crippen LogP contribution in [0.4, 0.5) is 0 Å². The molecule has 1 aliphatic carbocycles. The lowest BCUT2D eigenvalue weighted by atomic mass is 9.66. The van der Waals surface area contributed by atoms with E-state index in [1.165, 1.54) is 19.3 Å². The first-order chi connectivity index (χ1) is 8.26. The van der Waals surface area contributed by atoms with Crippen molar-refractivity contribution in [3.8, 4) is 0 Å². The van der Waals surface area contributed by atoms with E-state index in [-0.39, 0.29) is 5.92 Å². The van der Waals surface area contributed by atoms with Crippen LogP contribution in [0.25, 0.3) is 0 Å². The predicted molar refractivity (Wildman–Crippen MR) is 65.9 cm³/mol. The Morgan fingerprint density at radius 1 is 1.06 bits per heavy atom. The number of rotatable bonds is 2. The topological polar surface area (TPSA) is 46.5 Å². The predicted octanol–water partition coefficient (Wildman–Crippen LogP) is 3.23. The zero-order chi connectivity index (χ0) is 12.1. The van der Waals surface area contributed by atoms with Gasteiger partial charge in [-0.3, -0.25) is 4.79 Å². The molecule has 0 aromatic rings. The van der Waals surface area contributed by atoms with Crippen molar-refractivity contribution in [1.82, 2.24) is 0 Å². The summed E-state index contributed by atoms with van der Waals surface area (Å²) in [5, 5.41) is 9.70. The van der Waals surface area contributed by atoms with E-state index in [1.54, 1.807) is 0 Å². The van der Waals surface area contributed by atoms with Gasteiger partial charge in [0.05, 0.1) is 12.0 Å². The molecule has 0 radical (unpaired) electrons. The van der Waals surface area contributed by atoms with E-state index in [2.05, 4.69) is 0 Å². The maximum Gasteiger partial charge on any atom is 0.310 e. The lowest BCUT2D eigenvalue weighted by Crippen LogP contribution is -2.43. The standard InChI is InChI=1S/C14H24O3/c15-13(16)14(12-7-6-10-17-11-12)8-4-2-1-3-5-9-14/h12H,1-11H2,(H,15,16). The van der Waals surface area contributed by atoms with Crippen LogP contribution in [0.5, 0.6) is 0 Å². The number of hydrogen-bond donors (Lipinski definition) is 1. The second kappa shape index (κ2) is 5.85. The number of ether oxygens (including phenoxy) is 1. The number of hydrogen-bond acceptors (Lipinski definition) is 2. The number of aliphatic carboxylic acids is 1. The first kappa shape index (κ1) is 12.9. The molecule has 1 aliphatic heterocycles. The van der Waals surface area contributed by atoms with E-state index in [0.29, 0.717) is 6.61 Å². The molecule has 0 aromatic heterocycles. The van der Waals surface area contributed by atoms with Gasteiger partial charge < -0.3 is 9.84 Å². The molecule has 1 unspecified atom stereocenters. The molecule has 98 valence electrons. The first-order valence-electron chi connectivity index (χ1n) is 7.07. The van der Waals surface area contributed by atoms with E-state index in [4.69, 9.17) is 4.74 Å². The van der Waals surface area contributed by atoms with Gasteiger partial charge in [-0.05, 0) is 31.6 Å². The zero-order valence-electron chi connectivity index (χ0n) is 10.6. The Labute approximate surface area is 104 Å². The third kappa shape index (κ3) is 2.82. The molecule has 3 nitrogen and oxygen atoms in total. The summed E-state index contributed by atoms with van der Waals surface area (Å²) in [6.07, 6.45) is 9.59. The minimum atomic E-state index is -0.574. The summed E-state index contributed by atoms with van der Waals surface area (Å²) in [5.74, 6) is -0.332. The van der Waals surface area contributed by atoms with E-state index in [9.17, 15) is 9.90 Å². The number of carboxylic acid groups (broad SMARTS) is 1. The summed E-state index contributed by atoms with van der Waals surface area (Å²) < 4.78 is 5.52. The minimum Gasteiger partial charge on any atom is -0.481 e. The molecule has 0 bridgehead atoms. The van der Waals surface area contributed by atoms with Gasteiger partial charge in [0, 0.05) is 6.61 Å². The van der Waals surface area contributed by atoms with E-state index >= 15 is 0 Å². The Balaban J connectivity index is 2.12. The van der Waals surface area contributed by atoms with Crippen LogP contribution in [0.15, 0.2) is 0 Å². The number of carboxylic acids is 1. The van der Waals surface area contributed by atoms with Crippen molar-refractivity contribution < 1.29 is 14.6 Å². The quantitative estimate of drug-likeness (QED) is 0.806. The highest BCUT2D eigenvalue weighted by Gasteiger charge is 2.45. The van der Waals surface area contributed by atoms with Gasteiger partial charge in [0.1, 0.15) is 0 Å². The van der Waals surface area contributed by atoms with Crippen molar-refractivity contribution in [2.24, 2.45) is 11.3 Å². The van der Waals surface area contributed by atoms with Crippen molar-refractivity contribution >= 4 is 5.97 Å². The summed E-state index contributed by atoms with van der Waals surface area (Å²) in [5.41, 5.74) is -0.485. The third-order valence-electron chi connectivity index (χ3n) is 4.61. The van der Waals surface area contributed by atoms with Crippen molar-refractivity contribution in [2.45, 2.75) is 57.8 Å². The molecule has 2 rings (SSSR count). The van der Waals surface area contributed by atoms with Gasteiger partial charge in [0.2, 0.25) is 0 Å². The molecule has 0 spiro atoms. The molecule has 17 heavy (non-hydrogen) atoms. The molecule has 1 atom stereocenters. The molecular formula is C14H24O3. The molecule has 1 saturated carbocycles. The molecular weight excluding hydrogens is 216 g/mol. The van der Waals surface area contributed by atoms with Crippen molar-refractivity contribution in [3.05, 3.63) is 0 Å². The van der Waals surface area contributed by atoms with Gasteiger partial charge in [-0.1, -0.05) is 32.1 Å². The van der Waals surface area contributed by atoms with Gasteiger partial charge in [-0.15, -0.1) is 0 Å². The van der Waals surface area contributed by atoms with Crippen molar-refractivity contribution in [2.75, 3.05) is 13.2 Å². The summed E-state index contributed by atoms with van der Waals surface area (Å²) >= 11 is 0. The lowest BCUT2D eigenvalue weighted by Gasteiger charge is -2.40. The number of carbonyl (C=O) groups is 1. The molecule has 2 aliphatic rings. The maximum atomic E-state index is 11.8. The Bertz CT molecular complexity index is 248. The van der Waals surface area contributed by atoms with Crippen LogP contribution in [0.3, 0.4) is 0 Å². The summed E-state index contributed by atoms with van der Waals surface area (Å²) in [6.45, 7) is 1.47. The van der Waals surface area contributed by atoms with Crippen LogP contribution in [0.1, 0.15) is 57.8 Å². The monoisotopic (exact) mass is 240 g/mol. The summed E-state index contributed by atoms with van der Waals surface area (Å²) in [4.78, 5) is 11.8. The molecule has 1 N–H and O–H groups in total. The molecule has 1 heterocycles. The summed E-state index contributed by atoms with van der Waals surface area (Å²) in [6, 6.07) is 0. The highest BCUT2D eigenvalue weighted by atomic mass is 16.5. The summed E-state index contributed by atoms with van der Waals surface area (Å²) in [7, 11) is 0. The molecule has 0 aromatic carbocycles. The van der Waals surface area contributed by atoms with Crippen LogP contribution in [-0.2, 0) is 9.53 Å². The first-order valence-corrected chi connectivity index (χ1v) is 7.07. The Hall–Kier alpha value is -0.570.